The van der Waals surface area contributed by atoms with Gasteiger partial charge in [-0.25, -0.2) is 0 Å². The Kier molecular flexibility index (Phi) is 3.88. The van der Waals surface area contributed by atoms with E-state index in [1.807, 2.05) is 25.1 Å². The lowest BCUT2D eigenvalue weighted by atomic mass is 10.1. The van der Waals surface area contributed by atoms with Crippen LogP contribution in [0.2, 0.25) is 0 Å². The van der Waals surface area contributed by atoms with E-state index in [2.05, 4.69) is 42.7 Å². The number of anilines is 2. The molecule has 3 nitrogen and oxygen atoms in total. The Morgan fingerprint density at radius 1 is 0.955 bits per heavy atom. The lowest BCUT2D eigenvalue weighted by Gasteiger charge is -2.15. The second kappa shape index (κ2) is 5.84. The van der Waals surface area contributed by atoms with E-state index < -0.39 is 0 Å². The summed E-state index contributed by atoms with van der Waals surface area (Å²) in [5, 5.41) is 6.48. The van der Waals surface area contributed by atoms with E-state index >= 15 is 0 Å². The first-order valence-electron chi connectivity index (χ1n) is 7.79. The third kappa shape index (κ3) is 3.30. The first-order valence-corrected chi connectivity index (χ1v) is 7.79. The highest BCUT2D eigenvalue weighted by Gasteiger charge is 2.24. The van der Waals surface area contributed by atoms with E-state index in [1.54, 1.807) is 0 Å². The molecule has 22 heavy (non-hydrogen) atoms. The predicted molar refractivity (Wildman–Crippen MR) is 90.9 cm³/mol. The van der Waals surface area contributed by atoms with Crippen molar-refractivity contribution in [3.05, 3.63) is 58.7 Å². The summed E-state index contributed by atoms with van der Waals surface area (Å²) in [5.41, 5.74) is 6.16. The Morgan fingerprint density at radius 2 is 1.64 bits per heavy atom. The van der Waals surface area contributed by atoms with Gasteiger partial charge in [0.25, 0.3) is 5.91 Å². The molecule has 0 radical (unpaired) electrons. The molecule has 0 bridgehead atoms. The average molecular weight is 294 g/mol. The van der Waals surface area contributed by atoms with Gasteiger partial charge in [0, 0.05) is 11.7 Å². The monoisotopic (exact) mass is 294 g/mol. The molecule has 1 saturated carbocycles. The zero-order valence-corrected chi connectivity index (χ0v) is 13.4. The summed E-state index contributed by atoms with van der Waals surface area (Å²) >= 11 is 0. The second-order valence-electron chi connectivity index (χ2n) is 6.24. The summed E-state index contributed by atoms with van der Waals surface area (Å²) in [6, 6.07) is 12.6. The molecule has 2 aromatic rings. The highest BCUT2D eigenvalue weighted by molar-refractivity contribution is 6.00. The van der Waals surface area contributed by atoms with Crippen LogP contribution in [0.1, 0.15) is 39.9 Å². The van der Waals surface area contributed by atoms with Gasteiger partial charge in [0.1, 0.15) is 0 Å². The molecule has 0 saturated heterocycles. The van der Waals surface area contributed by atoms with Gasteiger partial charge in [-0.15, -0.1) is 0 Å². The SMILES string of the molecule is Cc1ccc(Nc2cc(C)ccc2C(=O)NC2CC2)c(C)c1. The van der Waals surface area contributed by atoms with Crippen LogP contribution in [0.5, 0.6) is 0 Å². The minimum atomic E-state index is 0.00904. The van der Waals surface area contributed by atoms with E-state index in [0.717, 1.165) is 29.8 Å². The van der Waals surface area contributed by atoms with Crippen LogP contribution in [0.3, 0.4) is 0 Å². The highest BCUT2D eigenvalue weighted by Crippen LogP contribution is 2.26. The molecular weight excluding hydrogens is 272 g/mol. The lowest BCUT2D eigenvalue weighted by Crippen LogP contribution is -2.26. The molecule has 1 aliphatic carbocycles. The van der Waals surface area contributed by atoms with E-state index in [4.69, 9.17) is 0 Å². The summed E-state index contributed by atoms with van der Waals surface area (Å²) in [6.45, 7) is 6.20. The number of rotatable bonds is 4. The number of aryl methyl sites for hydroxylation is 3. The Hall–Kier alpha value is -2.29. The second-order valence-corrected chi connectivity index (χ2v) is 6.24. The van der Waals surface area contributed by atoms with Gasteiger partial charge >= 0.3 is 0 Å². The molecular formula is C19H22N2O. The number of hydrogen-bond acceptors (Lipinski definition) is 2. The van der Waals surface area contributed by atoms with Crippen molar-refractivity contribution in [2.75, 3.05) is 5.32 Å². The zero-order chi connectivity index (χ0) is 15.7. The number of hydrogen-bond donors (Lipinski definition) is 2. The molecule has 0 spiro atoms. The molecule has 114 valence electrons. The molecule has 1 aliphatic rings. The summed E-state index contributed by atoms with van der Waals surface area (Å²) in [4.78, 5) is 12.4. The standard InChI is InChI=1S/C19H22N2O/c1-12-5-9-17(14(3)10-12)21-18-11-13(2)4-8-16(18)19(22)20-15-6-7-15/h4-5,8-11,15,21H,6-7H2,1-3H3,(H,20,22). The summed E-state index contributed by atoms with van der Waals surface area (Å²) in [7, 11) is 0. The minimum absolute atomic E-state index is 0.00904. The van der Waals surface area contributed by atoms with Crippen LogP contribution < -0.4 is 10.6 Å². The van der Waals surface area contributed by atoms with Crippen LogP contribution in [-0.4, -0.2) is 11.9 Å². The molecule has 0 atom stereocenters. The van der Waals surface area contributed by atoms with Crippen molar-refractivity contribution in [1.29, 1.82) is 0 Å². The summed E-state index contributed by atoms with van der Waals surface area (Å²) < 4.78 is 0. The summed E-state index contributed by atoms with van der Waals surface area (Å²) in [5.74, 6) is 0.00904. The van der Waals surface area contributed by atoms with E-state index in [9.17, 15) is 4.79 Å². The topological polar surface area (TPSA) is 41.1 Å². The van der Waals surface area contributed by atoms with Crippen LogP contribution in [0.4, 0.5) is 11.4 Å². The molecule has 1 amide bonds. The van der Waals surface area contributed by atoms with E-state index in [-0.39, 0.29) is 5.91 Å². The fourth-order valence-corrected chi connectivity index (χ4v) is 2.55. The van der Waals surface area contributed by atoms with Crippen LogP contribution >= 0.6 is 0 Å². The largest absolute Gasteiger partial charge is 0.355 e. The highest BCUT2D eigenvalue weighted by atomic mass is 16.1. The van der Waals surface area contributed by atoms with Crippen molar-refractivity contribution in [3.8, 4) is 0 Å². The number of carbonyl (C=O) groups excluding carboxylic acids is 1. The van der Waals surface area contributed by atoms with Crippen molar-refractivity contribution >= 4 is 17.3 Å². The van der Waals surface area contributed by atoms with Gasteiger partial charge in [0.2, 0.25) is 0 Å². The van der Waals surface area contributed by atoms with Gasteiger partial charge in [-0.05, 0) is 62.9 Å². The Morgan fingerprint density at radius 3 is 2.32 bits per heavy atom. The molecule has 3 rings (SSSR count). The van der Waals surface area contributed by atoms with Gasteiger partial charge in [0.15, 0.2) is 0 Å². The van der Waals surface area contributed by atoms with Crippen molar-refractivity contribution in [1.82, 2.24) is 5.32 Å². The zero-order valence-electron chi connectivity index (χ0n) is 13.4. The van der Waals surface area contributed by atoms with Crippen molar-refractivity contribution in [3.63, 3.8) is 0 Å². The maximum Gasteiger partial charge on any atom is 0.253 e. The van der Waals surface area contributed by atoms with Crippen LogP contribution in [0, 0.1) is 20.8 Å². The van der Waals surface area contributed by atoms with Crippen molar-refractivity contribution < 1.29 is 4.79 Å². The number of amides is 1. The van der Waals surface area contributed by atoms with Crippen LogP contribution in [-0.2, 0) is 0 Å². The van der Waals surface area contributed by atoms with Crippen LogP contribution in [0.15, 0.2) is 36.4 Å². The minimum Gasteiger partial charge on any atom is -0.355 e. The Bertz CT molecular complexity index is 717. The van der Waals surface area contributed by atoms with Gasteiger partial charge in [-0.3, -0.25) is 4.79 Å². The number of nitrogens with one attached hydrogen (secondary N) is 2. The lowest BCUT2D eigenvalue weighted by molar-refractivity contribution is 0.0952. The van der Waals surface area contributed by atoms with Gasteiger partial charge in [-0.1, -0.05) is 23.8 Å². The van der Waals surface area contributed by atoms with Gasteiger partial charge < -0.3 is 10.6 Å². The van der Waals surface area contributed by atoms with Crippen LogP contribution in [0.25, 0.3) is 0 Å². The molecule has 0 aromatic heterocycles. The quantitative estimate of drug-likeness (QED) is 0.885. The first-order chi connectivity index (χ1) is 10.5. The number of carbonyl (C=O) groups is 1. The summed E-state index contributed by atoms with van der Waals surface area (Å²) in [6.07, 6.45) is 2.19. The molecule has 0 aliphatic heterocycles. The predicted octanol–water partition coefficient (Wildman–Crippen LogP) is 4.25. The third-order valence-corrected chi connectivity index (χ3v) is 3.98. The average Bonchev–Trinajstić information content (AvgIpc) is 3.26. The normalized spacial score (nSPS) is 13.8. The van der Waals surface area contributed by atoms with Gasteiger partial charge in [-0.2, -0.15) is 0 Å². The Labute approximate surface area is 131 Å². The molecule has 0 heterocycles. The molecule has 2 N–H and O–H groups in total. The van der Waals surface area contributed by atoms with Gasteiger partial charge in [0.05, 0.1) is 11.3 Å². The van der Waals surface area contributed by atoms with E-state index in [0.29, 0.717) is 11.6 Å². The fraction of sp³-hybridized carbons (Fsp3) is 0.316. The molecule has 3 heteroatoms. The van der Waals surface area contributed by atoms with Crippen molar-refractivity contribution in [2.24, 2.45) is 0 Å². The van der Waals surface area contributed by atoms with Crippen molar-refractivity contribution in [2.45, 2.75) is 39.7 Å². The van der Waals surface area contributed by atoms with E-state index in [1.165, 1.54) is 11.1 Å². The maximum atomic E-state index is 12.4. The molecule has 1 fully saturated rings. The smallest absolute Gasteiger partial charge is 0.253 e. The third-order valence-electron chi connectivity index (χ3n) is 3.98. The maximum absolute atomic E-state index is 12.4. The molecule has 0 unspecified atom stereocenters. The first kappa shape index (κ1) is 14.6. The Balaban J connectivity index is 1.90. The fourth-order valence-electron chi connectivity index (χ4n) is 2.55. The number of benzene rings is 2. The molecule has 2 aromatic carbocycles.